The Balaban J connectivity index is 1.89. The Hall–Kier alpha value is -2.77. The summed E-state index contributed by atoms with van der Waals surface area (Å²) in [6, 6.07) is 10.4. The zero-order valence-corrected chi connectivity index (χ0v) is 17.2. The summed E-state index contributed by atoms with van der Waals surface area (Å²) in [7, 11) is 0. The van der Waals surface area contributed by atoms with Crippen molar-refractivity contribution < 1.29 is 14.7 Å². The quantitative estimate of drug-likeness (QED) is 0.620. The van der Waals surface area contributed by atoms with Crippen LogP contribution in [-0.4, -0.2) is 21.8 Å². The highest BCUT2D eigenvalue weighted by Crippen LogP contribution is 2.43. The number of aryl methyl sites for hydroxylation is 3. The molecule has 5 nitrogen and oxygen atoms in total. The van der Waals surface area contributed by atoms with Crippen LogP contribution in [0.3, 0.4) is 0 Å². The zero-order valence-electron chi connectivity index (χ0n) is 15.6. The summed E-state index contributed by atoms with van der Waals surface area (Å²) in [6.45, 7) is 5.78. The number of carbonyl (C=O) groups excluding carboxylic acids is 2. The summed E-state index contributed by atoms with van der Waals surface area (Å²) in [5.41, 5.74) is 2.75. The third-order valence-electron chi connectivity index (χ3n) is 4.81. The van der Waals surface area contributed by atoms with Crippen LogP contribution in [0.25, 0.3) is 0 Å². The minimum atomic E-state index is -0.715. The highest BCUT2D eigenvalue weighted by atomic mass is 32.1. The molecule has 1 aliphatic rings. The van der Waals surface area contributed by atoms with E-state index in [2.05, 4.69) is 4.98 Å². The fourth-order valence-electron chi connectivity index (χ4n) is 3.20. The normalized spacial score (nSPS) is 16.9. The minimum absolute atomic E-state index is 0.0989. The van der Waals surface area contributed by atoms with E-state index in [1.54, 1.807) is 17.5 Å². The molecule has 7 heteroatoms. The number of ketones is 1. The second-order valence-corrected chi connectivity index (χ2v) is 8.82. The maximum Gasteiger partial charge on any atom is 0.296 e. The highest BCUT2D eigenvalue weighted by Gasteiger charge is 2.46. The molecule has 1 N–H and O–H groups in total. The minimum Gasteiger partial charge on any atom is -0.503 e. The Bertz CT molecular complexity index is 1080. The van der Waals surface area contributed by atoms with Crippen molar-refractivity contribution in [2.45, 2.75) is 26.8 Å². The lowest BCUT2D eigenvalue weighted by atomic mass is 9.95. The SMILES string of the molecule is Cc1ccc([C@H]2C(C(=O)c3cccs3)=C(O)C(=O)N2c2nc(C)c(C)s2)cc1. The molecule has 0 fully saturated rings. The lowest BCUT2D eigenvalue weighted by Crippen LogP contribution is -2.31. The van der Waals surface area contributed by atoms with Gasteiger partial charge in [0.2, 0.25) is 5.78 Å². The molecular weight excluding hydrogens is 392 g/mol. The van der Waals surface area contributed by atoms with Gasteiger partial charge in [0.1, 0.15) is 0 Å². The Morgan fingerprint density at radius 3 is 2.43 bits per heavy atom. The number of hydrogen-bond donors (Lipinski definition) is 1. The summed E-state index contributed by atoms with van der Waals surface area (Å²) in [5, 5.41) is 12.9. The van der Waals surface area contributed by atoms with Crippen molar-refractivity contribution in [2.24, 2.45) is 0 Å². The Morgan fingerprint density at radius 1 is 1.14 bits per heavy atom. The van der Waals surface area contributed by atoms with E-state index >= 15 is 0 Å². The highest BCUT2D eigenvalue weighted by molar-refractivity contribution is 7.16. The number of aliphatic hydroxyl groups excluding tert-OH is 1. The number of benzene rings is 1. The molecule has 142 valence electrons. The van der Waals surface area contributed by atoms with E-state index in [0.29, 0.717) is 10.0 Å². The molecule has 2 aromatic heterocycles. The molecule has 0 saturated heterocycles. The van der Waals surface area contributed by atoms with E-state index in [1.165, 1.54) is 27.6 Å². The number of hydrogen-bond acceptors (Lipinski definition) is 6. The molecule has 1 aliphatic heterocycles. The first-order valence-corrected chi connectivity index (χ1v) is 10.4. The smallest absolute Gasteiger partial charge is 0.296 e. The first kappa shape index (κ1) is 18.6. The van der Waals surface area contributed by atoms with Crippen molar-refractivity contribution in [2.75, 3.05) is 4.90 Å². The molecule has 1 atom stereocenters. The first-order valence-electron chi connectivity index (χ1n) is 8.74. The number of aromatic nitrogens is 1. The number of thiazole rings is 1. The van der Waals surface area contributed by atoms with E-state index < -0.39 is 17.7 Å². The molecule has 0 aliphatic carbocycles. The molecule has 0 saturated carbocycles. The van der Waals surface area contributed by atoms with E-state index in [1.807, 2.05) is 45.0 Å². The van der Waals surface area contributed by atoms with Crippen LogP contribution in [0.15, 0.2) is 53.1 Å². The Kier molecular flexibility index (Phi) is 4.64. The van der Waals surface area contributed by atoms with Crippen LogP contribution in [0.1, 0.15) is 37.4 Å². The van der Waals surface area contributed by atoms with Crippen LogP contribution in [0.5, 0.6) is 0 Å². The number of rotatable bonds is 4. The molecule has 1 aromatic carbocycles. The topological polar surface area (TPSA) is 70.5 Å². The van der Waals surface area contributed by atoms with Crippen LogP contribution in [0, 0.1) is 20.8 Å². The standard InChI is InChI=1S/C21H18N2O3S2/c1-11-6-8-14(9-7-11)17-16(18(24)15-5-4-10-27-15)19(25)20(26)23(17)21-22-12(2)13(3)28-21/h4-10,17,25H,1-3H3/t17-/m0/s1. The average molecular weight is 411 g/mol. The largest absolute Gasteiger partial charge is 0.503 e. The zero-order chi connectivity index (χ0) is 20.0. The molecule has 3 heterocycles. The van der Waals surface area contributed by atoms with Gasteiger partial charge in [0.25, 0.3) is 5.91 Å². The van der Waals surface area contributed by atoms with Crippen LogP contribution < -0.4 is 4.90 Å². The molecule has 0 spiro atoms. The average Bonchev–Trinajstić information content (AvgIpc) is 3.37. The molecule has 4 rings (SSSR count). The second-order valence-electron chi connectivity index (χ2n) is 6.70. The second kappa shape index (κ2) is 7.00. The molecule has 0 radical (unpaired) electrons. The van der Waals surface area contributed by atoms with Gasteiger partial charge in [-0.05, 0) is 37.8 Å². The number of Topliss-reactive ketones (excluding diaryl/α,β-unsaturated/α-hetero) is 1. The van der Waals surface area contributed by atoms with Crippen molar-refractivity contribution in [1.29, 1.82) is 0 Å². The van der Waals surface area contributed by atoms with E-state index in [4.69, 9.17) is 0 Å². The van der Waals surface area contributed by atoms with Crippen molar-refractivity contribution in [3.63, 3.8) is 0 Å². The first-order chi connectivity index (χ1) is 13.4. The fraction of sp³-hybridized carbons (Fsp3) is 0.190. The van der Waals surface area contributed by atoms with Crippen LogP contribution in [0.2, 0.25) is 0 Å². The summed E-state index contributed by atoms with van der Waals surface area (Å²) in [6.07, 6.45) is 0. The van der Waals surface area contributed by atoms with Gasteiger partial charge in [0.05, 0.1) is 22.2 Å². The van der Waals surface area contributed by atoms with Gasteiger partial charge in [-0.1, -0.05) is 35.9 Å². The van der Waals surface area contributed by atoms with Gasteiger partial charge < -0.3 is 5.11 Å². The lowest BCUT2D eigenvalue weighted by Gasteiger charge is -2.24. The predicted octanol–water partition coefficient (Wildman–Crippen LogP) is 4.91. The molecule has 1 amide bonds. The van der Waals surface area contributed by atoms with E-state index in [0.717, 1.165) is 21.7 Å². The van der Waals surface area contributed by atoms with Gasteiger partial charge in [-0.2, -0.15) is 0 Å². The number of thiophene rings is 1. The van der Waals surface area contributed by atoms with E-state index in [-0.39, 0.29) is 11.4 Å². The maximum absolute atomic E-state index is 13.2. The number of aliphatic hydroxyl groups is 1. The van der Waals surface area contributed by atoms with Crippen LogP contribution >= 0.6 is 22.7 Å². The third-order valence-corrected chi connectivity index (χ3v) is 6.75. The summed E-state index contributed by atoms with van der Waals surface area (Å²) in [5.74, 6) is -1.44. The van der Waals surface area contributed by atoms with Crippen molar-refractivity contribution >= 4 is 39.5 Å². The van der Waals surface area contributed by atoms with Crippen LogP contribution in [-0.2, 0) is 4.79 Å². The summed E-state index contributed by atoms with van der Waals surface area (Å²) < 4.78 is 0. The summed E-state index contributed by atoms with van der Waals surface area (Å²) in [4.78, 5) is 33.6. The van der Waals surface area contributed by atoms with Gasteiger partial charge in [-0.3, -0.25) is 14.5 Å². The maximum atomic E-state index is 13.2. The Labute approximate surface area is 170 Å². The number of anilines is 1. The monoisotopic (exact) mass is 410 g/mol. The van der Waals surface area contributed by atoms with Gasteiger partial charge in [-0.25, -0.2) is 4.98 Å². The van der Waals surface area contributed by atoms with Gasteiger partial charge >= 0.3 is 0 Å². The van der Waals surface area contributed by atoms with Crippen molar-refractivity contribution in [3.8, 4) is 0 Å². The molecule has 3 aromatic rings. The molecule has 28 heavy (non-hydrogen) atoms. The fourth-order valence-corrected chi connectivity index (χ4v) is 4.81. The third kappa shape index (κ3) is 2.96. The van der Waals surface area contributed by atoms with Gasteiger partial charge in [-0.15, -0.1) is 22.7 Å². The molecule has 0 bridgehead atoms. The van der Waals surface area contributed by atoms with E-state index in [9.17, 15) is 14.7 Å². The summed E-state index contributed by atoms with van der Waals surface area (Å²) >= 11 is 2.66. The number of nitrogens with zero attached hydrogens (tertiary/aromatic N) is 2. The number of amides is 1. The van der Waals surface area contributed by atoms with Crippen molar-refractivity contribution in [3.05, 3.63) is 79.7 Å². The lowest BCUT2D eigenvalue weighted by molar-refractivity contribution is -0.117. The Morgan fingerprint density at radius 2 is 1.86 bits per heavy atom. The van der Waals surface area contributed by atoms with Gasteiger partial charge in [0, 0.05) is 4.88 Å². The molecule has 0 unspecified atom stereocenters. The van der Waals surface area contributed by atoms with Crippen LogP contribution in [0.4, 0.5) is 5.13 Å². The van der Waals surface area contributed by atoms with Crippen molar-refractivity contribution in [1.82, 2.24) is 4.98 Å². The van der Waals surface area contributed by atoms with Gasteiger partial charge in [0.15, 0.2) is 10.9 Å². The predicted molar refractivity (Wildman–Crippen MR) is 111 cm³/mol. The molecular formula is C21H18N2O3S2. The number of carbonyl (C=O) groups is 2.